The van der Waals surface area contributed by atoms with Crippen molar-refractivity contribution in [1.29, 1.82) is 0 Å². The number of fused-ring (bicyclic) bond motifs is 1. The van der Waals surface area contributed by atoms with Crippen molar-refractivity contribution in [3.8, 4) is 0 Å². The van der Waals surface area contributed by atoms with Crippen LogP contribution < -0.4 is 0 Å². The van der Waals surface area contributed by atoms with E-state index in [2.05, 4.69) is 15.9 Å². The summed E-state index contributed by atoms with van der Waals surface area (Å²) < 4.78 is 5.15. The molecule has 1 saturated heterocycles. The van der Waals surface area contributed by atoms with Gasteiger partial charge in [-0.2, -0.15) is 0 Å². The first-order chi connectivity index (χ1) is 10.9. The van der Waals surface area contributed by atoms with Crippen LogP contribution in [0.1, 0.15) is 5.56 Å². The Morgan fingerprint density at radius 2 is 1.70 bits per heavy atom. The summed E-state index contributed by atoms with van der Waals surface area (Å²) in [6.07, 6.45) is -6.47. The molecule has 0 spiro atoms. The molecule has 6 nitrogen and oxygen atoms in total. The standard InChI is InChI=1S/C16H17BrO6/c17-14(20)12-11(18)13(19)16(22,15(21)23-12)10-7-3-5-8-4-1-2-6-9(8)10/h1-7,11-15,18-22H/t11-,12+,13+,14?,15+,16-/m1/s1. The summed E-state index contributed by atoms with van der Waals surface area (Å²) in [5.41, 5.74) is -2.00. The van der Waals surface area contributed by atoms with Crippen molar-refractivity contribution in [2.24, 2.45) is 0 Å². The predicted molar refractivity (Wildman–Crippen MR) is 85.7 cm³/mol. The smallest absolute Gasteiger partial charge is 0.191 e. The van der Waals surface area contributed by atoms with Gasteiger partial charge in [-0.05, 0) is 16.3 Å². The van der Waals surface area contributed by atoms with Gasteiger partial charge in [-0.3, -0.25) is 0 Å². The van der Waals surface area contributed by atoms with Crippen LogP contribution in [0.15, 0.2) is 42.5 Å². The number of hydrogen-bond acceptors (Lipinski definition) is 6. The lowest BCUT2D eigenvalue weighted by Gasteiger charge is -2.47. The number of aliphatic hydroxyl groups is 5. The van der Waals surface area contributed by atoms with Crippen LogP contribution in [0.5, 0.6) is 0 Å². The van der Waals surface area contributed by atoms with Gasteiger partial charge < -0.3 is 30.3 Å². The van der Waals surface area contributed by atoms with Gasteiger partial charge in [0.25, 0.3) is 0 Å². The van der Waals surface area contributed by atoms with Crippen molar-refractivity contribution in [2.75, 3.05) is 0 Å². The number of alkyl halides is 1. The second kappa shape index (κ2) is 6.10. The topological polar surface area (TPSA) is 110 Å². The maximum atomic E-state index is 11.0. The van der Waals surface area contributed by atoms with Gasteiger partial charge in [-0.15, -0.1) is 0 Å². The molecule has 23 heavy (non-hydrogen) atoms. The summed E-state index contributed by atoms with van der Waals surface area (Å²) in [6.45, 7) is 0. The fraction of sp³-hybridized carbons (Fsp3) is 0.375. The van der Waals surface area contributed by atoms with Crippen molar-refractivity contribution < 1.29 is 30.3 Å². The Hall–Kier alpha value is -1.06. The Balaban J connectivity index is 2.13. The van der Waals surface area contributed by atoms with E-state index in [1.165, 1.54) is 0 Å². The SMILES string of the molecule is OC(Br)[C@H]1O[C@H](O)[C@@](O)(c2cccc3ccccc23)[C@@H](O)[C@@H]1O. The van der Waals surface area contributed by atoms with E-state index >= 15 is 0 Å². The van der Waals surface area contributed by atoms with Crippen molar-refractivity contribution >= 4 is 26.7 Å². The molecule has 0 saturated carbocycles. The van der Waals surface area contributed by atoms with Gasteiger partial charge in [-0.25, -0.2) is 0 Å². The molecule has 0 radical (unpaired) electrons. The zero-order valence-electron chi connectivity index (χ0n) is 12.0. The second-order valence-corrected chi connectivity index (χ2v) is 6.55. The Morgan fingerprint density at radius 1 is 1.04 bits per heavy atom. The third-order valence-corrected chi connectivity index (χ3v) is 4.79. The van der Waals surface area contributed by atoms with Crippen LogP contribution in [0.2, 0.25) is 0 Å². The maximum Gasteiger partial charge on any atom is 0.191 e. The first kappa shape index (κ1) is 16.8. The van der Waals surface area contributed by atoms with Gasteiger partial charge in [0.05, 0.1) is 0 Å². The molecule has 6 atom stereocenters. The Kier molecular flexibility index (Phi) is 4.45. The lowest BCUT2D eigenvalue weighted by Crippen LogP contribution is -2.65. The monoisotopic (exact) mass is 384 g/mol. The third kappa shape index (κ3) is 2.58. The summed E-state index contributed by atoms with van der Waals surface area (Å²) in [7, 11) is 0. The lowest BCUT2D eigenvalue weighted by molar-refractivity contribution is -0.336. The number of hydrogen-bond donors (Lipinski definition) is 5. The molecule has 7 heteroatoms. The zero-order chi connectivity index (χ0) is 16.8. The molecule has 0 aliphatic carbocycles. The van der Waals surface area contributed by atoms with Crippen molar-refractivity contribution in [3.63, 3.8) is 0 Å². The number of rotatable bonds is 2. The molecule has 3 rings (SSSR count). The molecular weight excluding hydrogens is 368 g/mol. The highest BCUT2D eigenvalue weighted by atomic mass is 79.9. The molecule has 0 bridgehead atoms. The van der Waals surface area contributed by atoms with E-state index < -0.39 is 35.2 Å². The molecule has 5 N–H and O–H groups in total. The fourth-order valence-electron chi connectivity index (χ4n) is 3.01. The minimum absolute atomic E-state index is 0.233. The molecule has 2 aromatic carbocycles. The van der Waals surface area contributed by atoms with Gasteiger partial charge in [-0.1, -0.05) is 58.4 Å². The first-order valence-corrected chi connectivity index (χ1v) is 8.01. The minimum atomic E-state index is -2.24. The van der Waals surface area contributed by atoms with Crippen LogP contribution in [0.4, 0.5) is 0 Å². The molecule has 1 heterocycles. The average Bonchev–Trinajstić information content (AvgIpc) is 2.55. The molecule has 1 aliphatic rings. The summed E-state index contributed by atoms with van der Waals surface area (Å²) in [6, 6.07) is 12.2. The molecule has 1 unspecified atom stereocenters. The van der Waals surface area contributed by atoms with E-state index in [1.54, 1.807) is 24.3 Å². The number of ether oxygens (including phenoxy) is 1. The quantitative estimate of drug-likeness (QED) is 0.472. The summed E-state index contributed by atoms with van der Waals surface area (Å²) >= 11 is 2.83. The summed E-state index contributed by atoms with van der Waals surface area (Å²) in [5, 5.41) is 51.5. The predicted octanol–water partition coefficient (Wildman–Crippen LogP) is 0.180. The number of benzene rings is 2. The van der Waals surface area contributed by atoms with Crippen LogP contribution in [0.25, 0.3) is 10.8 Å². The average molecular weight is 385 g/mol. The van der Waals surface area contributed by atoms with E-state index in [4.69, 9.17) is 4.74 Å². The van der Waals surface area contributed by atoms with E-state index in [0.29, 0.717) is 5.39 Å². The van der Waals surface area contributed by atoms with E-state index in [0.717, 1.165) is 5.39 Å². The highest BCUT2D eigenvalue weighted by molar-refractivity contribution is 9.09. The van der Waals surface area contributed by atoms with Gasteiger partial charge in [0.15, 0.2) is 11.9 Å². The van der Waals surface area contributed by atoms with Crippen LogP contribution in [-0.2, 0) is 10.3 Å². The fourth-order valence-corrected chi connectivity index (χ4v) is 3.45. The third-order valence-electron chi connectivity index (χ3n) is 4.27. The largest absolute Gasteiger partial charge is 0.387 e. The first-order valence-electron chi connectivity index (χ1n) is 7.09. The summed E-state index contributed by atoms with van der Waals surface area (Å²) in [5.74, 6) is 0. The van der Waals surface area contributed by atoms with Crippen LogP contribution >= 0.6 is 15.9 Å². The van der Waals surface area contributed by atoms with Crippen LogP contribution in [-0.4, -0.2) is 55.1 Å². The van der Waals surface area contributed by atoms with Gasteiger partial charge >= 0.3 is 0 Å². The highest BCUT2D eigenvalue weighted by Gasteiger charge is 2.57. The number of aliphatic hydroxyl groups excluding tert-OH is 4. The Morgan fingerprint density at radius 3 is 2.39 bits per heavy atom. The molecule has 2 aromatic rings. The van der Waals surface area contributed by atoms with Gasteiger partial charge in [0.1, 0.15) is 23.3 Å². The van der Waals surface area contributed by atoms with E-state index in [9.17, 15) is 25.5 Å². The molecule has 124 valence electrons. The van der Waals surface area contributed by atoms with Crippen molar-refractivity contribution in [3.05, 3.63) is 48.0 Å². The van der Waals surface area contributed by atoms with Gasteiger partial charge in [0.2, 0.25) is 0 Å². The van der Waals surface area contributed by atoms with Gasteiger partial charge in [0, 0.05) is 0 Å². The Bertz CT molecular complexity index is 703. The molecule has 0 aromatic heterocycles. The van der Waals surface area contributed by atoms with Crippen molar-refractivity contribution in [2.45, 2.75) is 35.2 Å². The minimum Gasteiger partial charge on any atom is -0.387 e. The summed E-state index contributed by atoms with van der Waals surface area (Å²) in [4.78, 5) is 0. The molecule has 0 amide bonds. The Labute approximate surface area is 140 Å². The maximum absolute atomic E-state index is 11.0. The molecule has 1 fully saturated rings. The van der Waals surface area contributed by atoms with Crippen LogP contribution in [0.3, 0.4) is 0 Å². The van der Waals surface area contributed by atoms with Crippen molar-refractivity contribution in [1.82, 2.24) is 0 Å². The van der Waals surface area contributed by atoms with E-state index in [1.807, 2.05) is 18.2 Å². The number of halogens is 1. The van der Waals surface area contributed by atoms with Crippen LogP contribution in [0, 0.1) is 0 Å². The second-order valence-electron chi connectivity index (χ2n) is 5.61. The zero-order valence-corrected chi connectivity index (χ0v) is 13.5. The highest BCUT2D eigenvalue weighted by Crippen LogP contribution is 2.41. The van der Waals surface area contributed by atoms with E-state index in [-0.39, 0.29) is 5.56 Å². The normalized spacial score (nSPS) is 36.1. The molecular formula is C16H17BrO6. The molecule has 1 aliphatic heterocycles. The lowest BCUT2D eigenvalue weighted by atomic mass is 9.79.